The van der Waals surface area contributed by atoms with Gasteiger partial charge in [-0.2, -0.15) is 11.8 Å². The smallest absolute Gasteiger partial charge is 0.0445 e. The summed E-state index contributed by atoms with van der Waals surface area (Å²) < 4.78 is 0. The molecule has 2 unspecified atom stereocenters. The van der Waals surface area contributed by atoms with Gasteiger partial charge in [0.1, 0.15) is 0 Å². The average Bonchev–Trinajstić information content (AvgIpc) is 3.00. The molecule has 1 nitrogen and oxygen atoms in total. The van der Waals surface area contributed by atoms with Gasteiger partial charge in [-0.3, -0.25) is 0 Å². The van der Waals surface area contributed by atoms with Crippen LogP contribution in [-0.2, 0) is 0 Å². The zero-order chi connectivity index (χ0) is 12.1. The van der Waals surface area contributed by atoms with Crippen molar-refractivity contribution in [2.75, 3.05) is 12.0 Å². The lowest BCUT2D eigenvalue weighted by atomic mass is 9.96. The SMILES string of the molecule is CSCC(C)NC(c1cccs1)C1CCCC1. The van der Waals surface area contributed by atoms with Crippen molar-refractivity contribution in [3.8, 4) is 0 Å². The second-order valence-corrected chi connectivity index (χ2v) is 6.95. The Bertz CT molecular complexity index is 304. The predicted octanol–water partition coefficient (Wildman–Crippen LogP) is 4.32. The summed E-state index contributed by atoms with van der Waals surface area (Å²) >= 11 is 3.84. The molecule has 17 heavy (non-hydrogen) atoms. The maximum atomic E-state index is 3.85. The third kappa shape index (κ3) is 3.73. The maximum absolute atomic E-state index is 3.85. The minimum Gasteiger partial charge on any atom is -0.306 e. The van der Waals surface area contributed by atoms with Crippen LogP contribution in [0.5, 0.6) is 0 Å². The summed E-state index contributed by atoms with van der Waals surface area (Å²) in [5, 5.41) is 6.06. The van der Waals surface area contributed by atoms with Gasteiger partial charge in [0, 0.05) is 22.7 Å². The lowest BCUT2D eigenvalue weighted by Crippen LogP contribution is -2.35. The second-order valence-electron chi connectivity index (χ2n) is 5.06. The molecule has 1 aromatic rings. The molecule has 1 heterocycles. The van der Waals surface area contributed by atoms with Gasteiger partial charge in [-0.05, 0) is 43.4 Å². The molecule has 0 amide bonds. The summed E-state index contributed by atoms with van der Waals surface area (Å²) in [7, 11) is 0. The van der Waals surface area contributed by atoms with E-state index in [0.717, 1.165) is 5.92 Å². The van der Waals surface area contributed by atoms with Gasteiger partial charge in [0.2, 0.25) is 0 Å². The molecule has 1 aliphatic carbocycles. The molecule has 0 saturated heterocycles. The van der Waals surface area contributed by atoms with Crippen LogP contribution in [-0.4, -0.2) is 18.1 Å². The summed E-state index contributed by atoms with van der Waals surface area (Å²) in [6.45, 7) is 2.31. The average molecular weight is 269 g/mol. The predicted molar refractivity (Wildman–Crippen MR) is 80.0 cm³/mol. The molecule has 3 heteroatoms. The Labute approximate surface area is 113 Å². The molecule has 1 aromatic heterocycles. The lowest BCUT2D eigenvalue weighted by molar-refractivity contribution is 0.350. The lowest BCUT2D eigenvalue weighted by Gasteiger charge is -2.27. The summed E-state index contributed by atoms with van der Waals surface area (Å²) in [5.41, 5.74) is 0. The minimum atomic E-state index is 0.597. The number of nitrogens with one attached hydrogen (secondary N) is 1. The molecule has 0 bridgehead atoms. The first-order valence-corrected chi connectivity index (χ1v) is 8.87. The van der Waals surface area contributed by atoms with E-state index in [2.05, 4.69) is 36.0 Å². The van der Waals surface area contributed by atoms with Gasteiger partial charge < -0.3 is 5.32 Å². The van der Waals surface area contributed by atoms with Gasteiger partial charge >= 0.3 is 0 Å². The van der Waals surface area contributed by atoms with E-state index in [-0.39, 0.29) is 0 Å². The van der Waals surface area contributed by atoms with E-state index in [9.17, 15) is 0 Å². The molecule has 1 fully saturated rings. The molecular formula is C14H23NS2. The molecule has 0 aliphatic heterocycles. The molecular weight excluding hydrogens is 246 g/mol. The van der Waals surface area contributed by atoms with Crippen LogP contribution < -0.4 is 5.32 Å². The third-order valence-corrected chi connectivity index (χ3v) is 5.39. The van der Waals surface area contributed by atoms with Crippen LogP contribution in [0, 0.1) is 5.92 Å². The number of rotatable bonds is 6. The number of hydrogen-bond acceptors (Lipinski definition) is 3. The van der Waals surface area contributed by atoms with Crippen molar-refractivity contribution in [2.24, 2.45) is 5.92 Å². The molecule has 1 aliphatic rings. The quantitative estimate of drug-likeness (QED) is 0.825. The molecule has 1 saturated carbocycles. The third-order valence-electron chi connectivity index (χ3n) is 3.60. The van der Waals surface area contributed by atoms with Crippen LogP contribution in [0.2, 0.25) is 0 Å². The molecule has 2 rings (SSSR count). The topological polar surface area (TPSA) is 12.0 Å². The Balaban J connectivity index is 2.02. The van der Waals surface area contributed by atoms with Crippen molar-refractivity contribution in [2.45, 2.75) is 44.7 Å². The highest BCUT2D eigenvalue weighted by Crippen LogP contribution is 2.37. The summed E-state index contributed by atoms with van der Waals surface area (Å²) in [5.74, 6) is 2.06. The summed E-state index contributed by atoms with van der Waals surface area (Å²) in [4.78, 5) is 1.53. The van der Waals surface area contributed by atoms with E-state index in [4.69, 9.17) is 0 Å². The van der Waals surface area contributed by atoms with Crippen molar-refractivity contribution in [1.82, 2.24) is 5.32 Å². The van der Waals surface area contributed by atoms with E-state index in [0.29, 0.717) is 12.1 Å². The molecule has 2 atom stereocenters. The van der Waals surface area contributed by atoms with Crippen LogP contribution >= 0.6 is 23.1 Å². The fraction of sp³-hybridized carbons (Fsp3) is 0.714. The fourth-order valence-electron chi connectivity index (χ4n) is 2.81. The van der Waals surface area contributed by atoms with E-state index in [1.165, 1.54) is 36.3 Å². The van der Waals surface area contributed by atoms with Gasteiger partial charge in [-0.15, -0.1) is 11.3 Å². The fourth-order valence-corrected chi connectivity index (χ4v) is 4.29. The zero-order valence-electron chi connectivity index (χ0n) is 10.8. The van der Waals surface area contributed by atoms with Crippen molar-refractivity contribution >= 4 is 23.1 Å². The Kier molecular flexibility index (Phi) is 5.39. The van der Waals surface area contributed by atoms with E-state index in [1.54, 1.807) is 0 Å². The highest BCUT2D eigenvalue weighted by molar-refractivity contribution is 7.98. The van der Waals surface area contributed by atoms with Crippen LogP contribution in [0.3, 0.4) is 0 Å². The maximum Gasteiger partial charge on any atom is 0.0445 e. The number of thiophene rings is 1. The van der Waals surface area contributed by atoms with Gasteiger partial charge in [0.05, 0.1) is 0 Å². The summed E-state index contributed by atoms with van der Waals surface area (Å²) in [6.07, 6.45) is 7.84. The monoisotopic (exact) mass is 269 g/mol. The molecule has 1 N–H and O–H groups in total. The molecule has 0 aromatic carbocycles. The Morgan fingerprint density at radius 1 is 1.47 bits per heavy atom. The van der Waals surface area contributed by atoms with Crippen LogP contribution in [0.1, 0.15) is 43.5 Å². The number of hydrogen-bond donors (Lipinski definition) is 1. The van der Waals surface area contributed by atoms with Gasteiger partial charge in [-0.25, -0.2) is 0 Å². The van der Waals surface area contributed by atoms with Gasteiger partial charge in [-0.1, -0.05) is 18.9 Å². The van der Waals surface area contributed by atoms with Crippen molar-refractivity contribution < 1.29 is 0 Å². The van der Waals surface area contributed by atoms with Crippen molar-refractivity contribution in [3.05, 3.63) is 22.4 Å². The highest BCUT2D eigenvalue weighted by Gasteiger charge is 2.27. The summed E-state index contributed by atoms with van der Waals surface area (Å²) in [6, 6.07) is 5.69. The Morgan fingerprint density at radius 2 is 2.24 bits per heavy atom. The highest BCUT2D eigenvalue weighted by atomic mass is 32.2. The van der Waals surface area contributed by atoms with Crippen LogP contribution in [0.15, 0.2) is 17.5 Å². The molecule has 0 radical (unpaired) electrons. The standard InChI is InChI=1S/C14H23NS2/c1-11(10-16-2)15-14(12-6-3-4-7-12)13-8-5-9-17-13/h5,8-9,11-12,14-15H,3-4,6-7,10H2,1-2H3. The van der Waals surface area contributed by atoms with Crippen LogP contribution in [0.25, 0.3) is 0 Å². The van der Waals surface area contributed by atoms with Gasteiger partial charge in [0.15, 0.2) is 0 Å². The van der Waals surface area contributed by atoms with Crippen molar-refractivity contribution in [1.29, 1.82) is 0 Å². The van der Waals surface area contributed by atoms with Crippen molar-refractivity contribution in [3.63, 3.8) is 0 Å². The zero-order valence-corrected chi connectivity index (χ0v) is 12.4. The largest absolute Gasteiger partial charge is 0.306 e. The first-order chi connectivity index (χ1) is 8.31. The first-order valence-electron chi connectivity index (χ1n) is 6.59. The number of thioether (sulfide) groups is 1. The van der Waals surface area contributed by atoms with Gasteiger partial charge in [0.25, 0.3) is 0 Å². The van der Waals surface area contributed by atoms with E-state index < -0.39 is 0 Å². The minimum absolute atomic E-state index is 0.597. The van der Waals surface area contributed by atoms with E-state index >= 15 is 0 Å². The van der Waals surface area contributed by atoms with E-state index in [1.807, 2.05) is 23.1 Å². The first kappa shape index (κ1) is 13.4. The Hall–Kier alpha value is 0.01000. The molecule has 0 spiro atoms. The normalized spacial score (nSPS) is 20.6. The molecule has 96 valence electrons. The van der Waals surface area contributed by atoms with Crippen LogP contribution in [0.4, 0.5) is 0 Å². The second kappa shape index (κ2) is 6.81. The Morgan fingerprint density at radius 3 is 2.82 bits per heavy atom.